The molecule has 0 bridgehead atoms. The smallest absolute Gasteiger partial charge is 0.337 e. The van der Waals surface area contributed by atoms with Gasteiger partial charge < -0.3 is 24.9 Å². The predicted molar refractivity (Wildman–Crippen MR) is 109 cm³/mol. The normalized spacial score (nSPS) is 16.4. The fraction of sp³-hybridized carbons (Fsp3) is 0.286. The third-order valence-corrected chi connectivity index (χ3v) is 5.39. The second kappa shape index (κ2) is 7.73. The molecule has 2 heterocycles. The molecule has 1 aliphatic rings. The minimum absolute atomic E-state index is 0.212. The van der Waals surface area contributed by atoms with Gasteiger partial charge in [-0.2, -0.15) is 0 Å². The van der Waals surface area contributed by atoms with E-state index in [0.717, 1.165) is 24.1 Å². The van der Waals surface area contributed by atoms with Crippen LogP contribution in [0.2, 0.25) is 5.02 Å². The van der Waals surface area contributed by atoms with E-state index in [0.29, 0.717) is 40.1 Å². The highest BCUT2D eigenvalue weighted by Gasteiger charge is 2.17. The molecule has 0 amide bonds. The van der Waals surface area contributed by atoms with Gasteiger partial charge in [0.2, 0.25) is 0 Å². The van der Waals surface area contributed by atoms with Gasteiger partial charge in [-0.3, -0.25) is 0 Å². The van der Waals surface area contributed by atoms with Gasteiger partial charge in [-0.15, -0.1) is 0 Å². The van der Waals surface area contributed by atoms with Gasteiger partial charge >= 0.3 is 5.97 Å². The monoisotopic (exact) mass is 400 g/mol. The molecule has 3 aromatic rings. The summed E-state index contributed by atoms with van der Waals surface area (Å²) >= 11 is 6.46. The number of aromatic carboxylic acids is 1. The standard InChI is InChI=1S/C21H21ClN2O4/c1-27-20-7-12(4-5-19(20)28-11-13-3-2-6-23-13)14-8-15-16(21(25)26)10-24-18(15)9-17(14)22/h4-5,7-10,13,23-24H,2-3,6,11H2,1H3,(H,25,26). The van der Waals surface area contributed by atoms with Crippen LogP contribution in [0.15, 0.2) is 36.5 Å². The summed E-state index contributed by atoms with van der Waals surface area (Å²) in [6.07, 6.45) is 3.75. The average molecular weight is 401 g/mol. The number of aromatic nitrogens is 1. The Bertz CT molecular complexity index is 1020. The van der Waals surface area contributed by atoms with Crippen LogP contribution in [0.25, 0.3) is 22.0 Å². The second-order valence-electron chi connectivity index (χ2n) is 6.86. The van der Waals surface area contributed by atoms with Crippen molar-refractivity contribution in [1.82, 2.24) is 10.3 Å². The van der Waals surface area contributed by atoms with E-state index in [9.17, 15) is 9.90 Å². The molecular formula is C21H21ClN2O4. The first kappa shape index (κ1) is 18.7. The van der Waals surface area contributed by atoms with Crippen molar-refractivity contribution in [2.24, 2.45) is 0 Å². The summed E-state index contributed by atoms with van der Waals surface area (Å²) in [5.41, 5.74) is 2.46. The summed E-state index contributed by atoms with van der Waals surface area (Å²) in [5.74, 6) is 0.297. The van der Waals surface area contributed by atoms with Crippen molar-refractivity contribution in [3.05, 3.63) is 47.1 Å². The van der Waals surface area contributed by atoms with Crippen LogP contribution in [-0.4, -0.2) is 42.4 Å². The van der Waals surface area contributed by atoms with Crippen LogP contribution in [0.4, 0.5) is 0 Å². The molecule has 1 unspecified atom stereocenters. The van der Waals surface area contributed by atoms with Crippen molar-refractivity contribution in [2.45, 2.75) is 18.9 Å². The maximum Gasteiger partial charge on any atom is 0.337 e. The molecule has 146 valence electrons. The summed E-state index contributed by atoms with van der Waals surface area (Å²) in [4.78, 5) is 14.4. The van der Waals surface area contributed by atoms with Gasteiger partial charge in [0.1, 0.15) is 6.61 Å². The molecule has 1 atom stereocenters. The Morgan fingerprint density at radius 3 is 2.86 bits per heavy atom. The molecular weight excluding hydrogens is 380 g/mol. The number of H-pyrrole nitrogens is 1. The van der Waals surface area contributed by atoms with Gasteiger partial charge in [0, 0.05) is 28.7 Å². The van der Waals surface area contributed by atoms with Crippen LogP contribution in [-0.2, 0) is 0 Å². The van der Waals surface area contributed by atoms with E-state index in [1.807, 2.05) is 18.2 Å². The Hall–Kier alpha value is -2.70. The molecule has 1 aromatic heterocycles. The number of carboxylic acids is 1. The van der Waals surface area contributed by atoms with Crippen LogP contribution in [0, 0.1) is 0 Å². The molecule has 4 rings (SSSR count). The summed E-state index contributed by atoms with van der Waals surface area (Å²) in [6, 6.07) is 9.51. The van der Waals surface area contributed by atoms with E-state index >= 15 is 0 Å². The number of hydrogen-bond donors (Lipinski definition) is 3. The van der Waals surface area contributed by atoms with Crippen molar-refractivity contribution in [3.8, 4) is 22.6 Å². The van der Waals surface area contributed by atoms with Crippen LogP contribution < -0.4 is 14.8 Å². The van der Waals surface area contributed by atoms with Crippen molar-refractivity contribution in [1.29, 1.82) is 0 Å². The molecule has 28 heavy (non-hydrogen) atoms. The minimum Gasteiger partial charge on any atom is -0.493 e. The van der Waals surface area contributed by atoms with Crippen molar-refractivity contribution in [2.75, 3.05) is 20.3 Å². The zero-order valence-corrected chi connectivity index (χ0v) is 16.2. The van der Waals surface area contributed by atoms with Gasteiger partial charge in [0.05, 0.1) is 17.7 Å². The molecule has 0 saturated carbocycles. The number of ether oxygens (including phenoxy) is 2. The van der Waals surface area contributed by atoms with Crippen LogP contribution in [0.1, 0.15) is 23.2 Å². The first-order valence-corrected chi connectivity index (χ1v) is 9.53. The predicted octanol–water partition coefficient (Wildman–Crippen LogP) is 4.33. The number of benzene rings is 2. The Morgan fingerprint density at radius 1 is 1.29 bits per heavy atom. The molecule has 2 aromatic carbocycles. The zero-order valence-electron chi connectivity index (χ0n) is 15.4. The number of fused-ring (bicyclic) bond motifs is 1. The molecule has 1 saturated heterocycles. The zero-order chi connectivity index (χ0) is 19.7. The number of aromatic amines is 1. The number of hydrogen-bond acceptors (Lipinski definition) is 4. The van der Waals surface area contributed by atoms with Gasteiger partial charge in [0.25, 0.3) is 0 Å². The second-order valence-corrected chi connectivity index (χ2v) is 7.26. The number of carbonyl (C=O) groups is 1. The van der Waals surface area contributed by atoms with Gasteiger partial charge in [-0.05, 0) is 49.2 Å². The topological polar surface area (TPSA) is 83.6 Å². The lowest BCUT2D eigenvalue weighted by molar-refractivity contribution is 0.0699. The van der Waals surface area contributed by atoms with Crippen LogP contribution >= 0.6 is 11.6 Å². The Kier molecular flexibility index (Phi) is 5.15. The lowest BCUT2D eigenvalue weighted by Crippen LogP contribution is -2.28. The summed E-state index contributed by atoms with van der Waals surface area (Å²) < 4.78 is 11.4. The van der Waals surface area contributed by atoms with Gasteiger partial charge in [0.15, 0.2) is 11.5 Å². The lowest BCUT2D eigenvalue weighted by Gasteiger charge is -2.16. The summed E-state index contributed by atoms with van der Waals surface area (Å²) in [6.45, 7) is 1.62. The average Bonchev–Trinajstić information content (AvgIpc) is 3.35. The third kappa shape index (κ3) is 3.53. The first-order valence-electron chi connectivity index (χ1n) is 9.15. The molecule has 0 radical (unpaired) electrons. The molecule has 3 N–H and O–H groups in total. The van der Waals surface area contributed by atoms with Crippen LogP contribution in [0.3, 0.4) is 0 Å². The molecule has 0 aliphatic carbocycles. The largest absolute Gasteiger partial charge is 0.493 e. The fourth-order valence-electron chi connectivity index (χ4n) is 3.59. The van der Waals surface area contributed by atoms with E-state index in [4.69, 9.17) is 21.1 Å². The number of halogens is 1. The lowest BCUT2D eigenvalue weighted by atomic mass is 10.0. The Labute approximate surface area is 167 Å². The van der Waals surface area contributed by atoms with Crippen LogP contribution in [0.5, 0.6) is 11.5 Å². The molecule has 1 fully saturated rings. The quantitative estimate of drug-likeness (QED) is 0.573. The number of rotatable bonds is 6. The van der Waals surface area contributed by atoms with Gasteiger partial charge in [-0.1, -0.05) is 17.7 Å². The summed E-state index contributed by atoms with van der Waals surface area (Å²) in [5, 5.41) is 13.9. The number of carboxylic acid groups (broad SMARTS) is 1. The molecule has 0 spiro atoms. The number of methoxy groups -OCH3 is 1. The fourth-order valence-corrected chi connectivity index (χ4v) is 3.86. The minimum atomic E-state index is -0.985. The highest BCUT2D eigenvalue weighted by atomic mass is 35.5. The highest BCUT2D eigenvalue weighted by Crippen LogP contribution is 2.38. The highest BCUT2D eigenvalue weighted by molar-refractivity contribution is 6.34. The SMILES string of the molecule is COc1cc(-c2cc3c(C(=O)O)c[nH]c3cc2Cl)ccc1OCC1CCCN1. The first-order chi connectivity index (χ1) is 13.6. The maximum atomic E-state index is 11.4. The van der Waals surface area contributed by atoms with Crippen molar-refractivity contribution < 1.29 is 19.4 Å². The molecule has 7 heteroatoms. The Balaban J connectivity index is 1.67. The maximum absolute atomic E-state index is 11.4. The van der Waals surface area contributed by atoms with Crippen molar-refractivity contribution >= 4 is 28.5 Å². The third-order valence-electron chi connectivity index (χ3n) is 5.08. The van der Waals surface area contributed by atoms with Crippen molar-refractivity contribution in [3.63, 3.8) is 0 Å². The Morgan fingerprint density at radius 2 is 2.14 bits per heavy atom. The molecule has 6 nitrogen and oxygen atoms in total. The van der Waals surface area contributed by atoms with E-state index in [1.54, 1.807) is 19.2 Å². The van der Waals surface area contributed by atoms with E-state index < -0.39 is 5.97 Å². The summed E-state index contributed by atoms with van der Waals surface area (Å²) in [7, 11) is 1.60. The van der Waals surface area contributed by atoms with Gasteiger partial charge in [-0.25, -0.2) is 4.79 Å². The van der Waals surface area contributed by atoms with E-state index in [1.165, 1.54) is 12.6 Å². The molecule has 1 aliphatic heterocycles. The van der Waals surface area contributed by atoms with E-state index in [-0.39, 0.29) is 5.56 Å². The van der Waals surface area contributed by atoms with E-state index in [2.05, 4.69) is 10.3 Å². The number of nitrogens with one attached hydrogen (secondary N) is 2.